The molecule has 8 heteroatoms. The van der Waals surface area contributed by atoms with Crippen LogP contribution in [0.1, 0.15) is 44.9 Å². The van der Waals surface area contributed by atoms with Gasteiger partial charge in [-0.2, -0.15) is 0 Å². The van der Waals surface area contributed by atoms with Crippen LogP contribution in [0, 0.1) is 5.82 Å². The maximum absolute atomic E-state index is 14.7. The highest BCUT2D eigenvalue weighted by atomic mass is 19.1. The van der Waals surface area contributed by atoms with Crippen LogP contribution in [0.4, 0.5) is 20.6 Å². The molecule has 4 heterocycles. The largest absolute Gasteiger partial charge is 0.444 e. The van der Waals surface area contributed by atoms with E-state index in [2.05, 4.69) is 45.5 Å². The van der Waals surface area contributed by atoms with Gasteiger partial charge in [0.2, 0.25) is 0 Å². The number of ether oxygens (including phenoxy) is 1. The van der Waals surface area contributed by atoms with E-state index in [0.29, 0.717) is 18.7 Å². The van der Waals surface area contributed by atoms with Crippen molar-refractivity contribution in [1.82, 2.24) is 19.8 Å². The third kappa shape index (κ3) is 5.69. The number of likely N-dealkylation sites (N-methyl/N-ethyl adjacent to an activating group) is 1. The van der Waals surface area contributed by atoms with E-state index >= 15 is 0 Å². The Hall–Kier alpha value is -3.65. The fraction of sp³-hybridized carbons (Fsp3) is 0.379. The summed E-state index contributed by atoms with van der Waals surface area (Å²) in [5, 5.41) is 4.43. The normalized spacial score (nSPS) is 16.9. The Labute approximate surface area is 217 Å². The zero-order valence-corrected chi connectivity index (χ0v) is 21.9. The number of fused-ring (bicyclic) bond motifs is 1. The van der Waals surface area contributed by atoms with Gasteiger partial charge in [0.15, 0.2) is 0 Å². The lowest BCUT2D eigenvalue weighted by atomic mass is 9.98. The number of carbonyl (C=O) groups is 1. The SMILES string of the molecule is CN1CC=C(c2cc(Nc3ccnc4[nH]c(C5=CCN(C(=O)OC(C)(C)C)CC5)cc34)ccc2F)CC1. The van der Waals surface area contributed by atoms with Gasteiger partial charge in [0.1, 0.15) is 17.1 Å². The van der Waals surface area contributed by atoms with Gasteiger partial charge in [-0.3, -0.25) is 0 Å². The number of hydrogen-bond donors (Lipinski definition) is 2. The average Bonchev–Trinajstić information content (AvgIpc) is 3.30. The molecule has 1 amide bonds. The second kappa shape index (κ2) is 10.0. The summed E-state index contributed by atoms with van der Waals surface area (Å²) in [5.74, 6) is -0.199. The monoisotopic (exact) mass is 503 g/mol. The van der Waals surface area contributed by atoms with Crippen molar-refractivity contribution in [3.8, 4) is 0 Å². The molecule has 0 bridgehead atoms. The molecule has 0 saturated heterocycles. The Bertz CT molecular complexity index is 1380. The minimum Gasteiger partial charge on any atom is -0.444 e. The number of hydrogen-bond acceptors (Lipinski definition) is 5. The van der Waals surface area contributed by atoms with E-state index in [1.54, 1.807) is 17.2 Å². The van der Waals surface area contributed by atoms with Gasteiger partial charge in [0, 0.05) is 54.7 Å². The highest BCUT2D eigenvalue weighted by Crippen LogP contribution is 2.32. The van der Waals surface area contributed by atoms with E-state index in [1.807, 2.05) is 32.9 Å². The lowest BCUT2D eigenvalue weighted by molar-refractivity contribution is 0.0270. The van der Waals surface area contributed by atoms with Crippen molar-refractivity contribution in [1.29, 1.82) is 0 Å². The molecule has 0 saturated carbocycles. The average molecular weight is 504 g/mol. The molecular weight excluding hydrogens is 469 g/mol. The molecule has 2 aliphatic rings. The zero-order chi connectivity index (χ0) is 26.2. The molecule has 194 valence electrons. The van der Waals surface area contributed by atoms with Crippen LogP contribution in [-0.4, -0.2) is 64.7 Å². The molecule has 2 N–H and O–H groups in total. The number of H-pyrrole nitrogens is 1. The summed E-state index contributed by atoms with van der Waals surface area (Å²) < 4.78 is 20.2. The first kappa shape index (κ1) is 25.0. The second-order valence-electron chi connectivity index (χ2n) is 10.8. The van der Waals surface area contributed by atoms with Gasteiger partial charge < -0.3 is 24.8 Å². The van der Waals surface area contributed by atoms with Gasteiger partial charge in [0.05, 0.1) is 5.69 Å². The highest BCUT2D eigenvalue weighted by molar-refractivity contribution is 5.94. The predicted octanol–water partition coefficient (Wildman–Crippen LogP) is 6.19. The van der Waals surface area contributed by atoms with Gasteiger partial charge >= 0.3 is 6.09 Å². The van der Waals surface area contributed by atoms with Gasteiger partial charge in [-0.1, -0.05) is 12.2 Å². The van der Waals surface area contributed by atoms with E-state index in [4.69, 9.17) is 4.74 Å². The van der Waals surface area contributed by atoms with Crippen molar-refractivity contribution in [3.63, 3.8) is 0 Å². The minimum atomic E-state index is -0.511. The van der Waals surface area contributed by atoms with Crippen LogP contribution in [0.5, 0.6) is 0 Å². The number of amides is 1. The standard InChI is InChI=1S/C29H34FN5O2/c1-29(2,3)37-28(36)35-15-10-20(11-16-35)26-18-23-25(7-12-31-27(23)33-26)32-21-5-6-24(30)22(17-21)19-8-13-34(4)14-9-19/h5-8,10,12,17-18H,9,11,13-16H2,1-4H3,(H2,31,32,33). The molecule has 0 radical (unpaired) electrons. The molecule has 0 spiro atoms. The van der Waals surface area contributed by atoms with Gasteiger partial charge in [-0.05, 0) is 82.1 Å². The Morgan fingerprint density at radius 1 is 1.08 bits per heavy atom. The number of halogens is 1. The van der Waals surface area contributed by atoms with Crippen molar-refractivity contribution < 1.29 is 13.9 Å². The Balaban J connectivity index is 1.35. The van der Waals surface area contributed by atoms with Crippen molar-refractivity contribution in [2.75, 3.05) is 38.5 Å². The summed E-state index contributed by atoms with van der Waals surface area (Å²) in [6, 6.07) is 9.20. The fourth-order valence-electron chi connectivity index (χ4n) is 4.73. The Morgan fingerprint density at radius 2 is 1.86 bits per heavy atom. The zero-order valence-electron chi connectivity index (χ0n) is 21.9. The van der Waals surface area contributed by atoms with Crippen LogP contribution < -0.4 is 5.32 Å². The summed E-state index contributed by atoms with van der Waals surface area (Å²) >= 11 is 0. The van der Waals surface area contributed by atoms with Gasteiger partial charge in [0.25, 0.3) is 0 Å². The molecule has 7 nitrogen and oxygen atoms in total. The van der Waals surface area contributed by atoms with Crippen molar-refractivity contribution >= 4 is 39.6 Å². The minimum absolute atomic E-state index is 0.199. The van der Waals surface area contributed by atoms with Crippen LogP contribution >= 0.6 is 0 Å². The van der Waals surface area contributed by atoms with Gasteiger partial charge in [-0.25, -0.2) is 14.2 Å². The number of anilines is 2. The predicted molar refractivity (Wildman–Crippen MR) is 146 cm³/mol. The maximum atomic E-state index is 14.7. The fourth-order valence-corrected chi connectivity index (χ4v) is 4.73. The van der Waals surface area contributed by atoms with Crippen molar-refractivity contribution in [3.05, 3.63) is 65.8 Å². The van der Waals surface area contributed by atoms with E-state index in [1.165, 1.54) is 6.07 Å². The summed E-state index contributed by atoms with van der Waals surface area (Å²) in [4.78, 5) is 24.3. The maximum Gasteiger partial charge on any atom is 0.410 e. The summed E-state index contributed by atoms with van der Waals surface area (Å²) in [6.07, 6.45) is 7.19. The second-order valence-corrected chi connectivity index (χ2v) is 10.8. The number of nitrogens with one attached hydrogen (secondary N) is 2. The number of nitrogens with zero attached hydrogens (tertiary/aromatic N) is 3. The van der Waals surface area contributed by atoms with Crippen LogP contribution in [0.2, 0.25) is 0 Å². The lowest BCUT2D eigenvalue weighted by Crippen LogP contribution is -2.39. The molecule has 2 aromatic heterocycles. The molecule has 3 aromatic rings. The van der Waals surface area contributed by atoms with Crippen LogP contribution in [-0.2, 0) is 4.74 Å². The van der Waals surface area contributed by atoms with Crippen molar-refractivity contribution in [2.24, 2.45) is 0 Å². The van der Waals surface area contributed by atoms with E-state index in [0.717, 1.165) is 65.2 Å². The first-order valence-corrected chi connectivity index (χ1v) is 12.8. The molecule has 0 aliphatic carbocycles. The topological polar surface area (TPSA) is 73.5 Å². The van der Waals surface area contributed by atoms with E-state index < -0.39 is 5.60 Å². The molecule has 1 aromatic carbocycles. The number of pyridine rings is 1. The third-order valence-electron chi connectivity index (χ3n) is 6.74. The Kier molecular flexibility index (Phi) is 6.77. The molecule has 0 atom stereocenters. The van der Waals surface area contributed by atoms with Crippen LogP contribution in [0.3, 0.4) is 0 Å². The lowest BCUT2D eigenvalue weighted by Gasteiger charge is -2.29. The third-order valence-corrected chi connectivity index (χ3v) is 6.74. The summed E-state index contributed by atoms with van der Waals surface area (Å²) in [5.41, 5.74) is 5.82. The van der Waals surface area contributed by atoms with Crippen molar-refractivity contribution in [2.45, 2.75) is 39.2 Å². The Morgan fingerprint density at radius 3 is 2.57 bits per heavy atom. The van der Waals surface area contributed by atoms with Crippen LogP contribution in [0.25, 0.3) is 22.2 Å². The smallest absolute Gasteiger partial charge is 0.410 e. The number of aromatic amines is 1. The summed E-state index contributed by atoms with van der Waals surface area (Å²) in [6.45, 7) is 8.47. The van der Waals surface area contributed by atoms with E-state index in [-0.39, 0.29) is 11.9 Å². The molecule has 2 aliphatic heterocycles. The highest BCUT2D eigenvalue weighted by Gasteiger charge is 2.24. The quantitative estimate of drug-likeness (QED) is 0.444. The van der Waals surface area contributed by atoms with Gasteiger partial charge in [-0.15, -0.1) is 0 Å². The van der Waals surface area contributed by atoms with Crippen LogP contribution in [0.15, 0.2) is 48.7 Å². The summed E-state index contributed by atoms with van der Waals surface area (Å²) in [7, 11) is 2.07. The number of benzene rings is 1. The van der Waals surface area contributed by atoms with E-state index in [9.17, 15) is 9.18 Å². The molecule has 0 fully saturated rings. The molecule has 5 rings (SSSR count). The molecule has 0 unspecified atom stereocenters. The molecular formula is C29H34FN5O2. The number of carbonyl (C=O) groups excluding carboxylic acids is 1. The molecule has 37 heavy (non-hydrogen) atoms. The number of aromatic nitrogens is 2. The first-order valence-electron chi connectivity index (χ1n) is 12.8. The first-order chi connectivity index (χ1) is 17.7. The number of rotatable bonds is 4.